The Morgan fingerprint density at radius 2 is 1.90 bits per heavy atom. The fourth-order valence-electron chi connectivity index (χ4n) is 1.94. The molecule has 0 spiro atoms. The molecule has 0 saturated heterocycles. The van der Waals surface area contributed by atoms with Gasteiger partial charge >= 0.3 is 0 Å². The van der Waals surface area contributed by atoms with Crippen molar-refractivity contribution in [2.45, 2.75) is 6.54 Å². The molecule has 0 atom stereocenters. The molecule has 0 aliphatic heterocycles. The third kappa shape index (κ3) is 2.62. The fraction of sp³-hybridized carbons (Fsp3) is 0.0667. The van der Waals surface area contributed by atoms with E-state index in [0.29, 0.717) is 6.54 Å². The van der Waals surface area contributed by atoms with Gasteiger partial charge < -0.3 is 11.1 Å². The largest absolute Gasteiger partial charge is 0.384 e. The number of benzene rings is 2. The molecule has 3 rings (SSSR count). The molecule has 0 aliphatic carbocycles. The van der Waals surface area contributed by atoms with Gasteiger partial charge in [-0.15, -0.1) is 11.3 Å². The predicted octanol–water partition coefficient (Wildman–Crippen LogP) is 3.19. The Bertz CT molecular complexity index is 713. The van der Waals surface area contributed by atoms with Crippen LogP contribution in [0.5, 0.6) is 0 Å². The molecule has 20 heavy (non-hydrogen) atoms. The zero-order valence-electron chi connectivity index (χ0n) is 10.8. The second-order valence-electron chi connectivity index (χ2n) is 4.42. The Labute approximate surface area is 120 Å². The topological polar surface area (TPSA) is 74.8 Å². The van der Waals surface area contributed by atoms with Crippen LogP contribution in [0, 0.1) is 5.41 Å². The van der Waals surface area contributed by atoms with E-state index in [4.69, 9.17) is 11.1 Å². The summed E-state index contributed by atoms with van der Waals surface area (Å²) in [5.41, 5.74) is 8.20. The maximum Gasteiger partial charge on any atom is 0.122 e. The van der Waals surface area contributed by atoms with Crippen LogP contribution in [0.2, 0.25) is 0 Å². The van der Waals surface area contributed by atoms with Crippen molar-refractivity contribution in [3.8, 4) is 0 Å². The smallest absolute Gasteiger partial charge is 0.122 e. The zero-order valence-corrected chi connectivity index (χ0v) is 11.6. The number of thiazole rings is 1. The van der Waals surface area contributed by atoms with Crippen LogP contribution in [-0.4, -0.2) is 10.8 Å². The molecular formula is C15H14N4S. The van der Waals surface area contributed by atoms with E-state index in [1.165, 1.54) is 4.70 Å². The first-order valence-corrected chi connectivity index (χ1v) is 7.07. The normalized spacial score (nSPS) is 10.6. The minimum absolute atomic E-state index is 0.0859. The maximum atomic E-state index is 7.35. The van der Waals surface area contributed by atoms with Crippen molar-refractivity contribution < 1.29 is 0 Å². The molecule has 4 N–H and O–H groups in total. The SMILES string of the molecule is N=C(N)c1ccc(NCc2nc3ccccc3s2)cc1. The monoisotopic (exact) mass is 282 g/mol. The number of nitrogens with zero attached hydrogens (tertiary/aromatic N) is 1. The van der Waals surface area contributed by atoms with Gasteiger partial charge in [-0.25, -0.2) is 4.98 Å². The number of nitrogens with one attached hydrogen (secondary N) is 2. The van der Waals surface area contributed by atoms with Crippen LogP contribution in [0.1, 0.15) is 10.6 Å². The third-order valence-electron chi connectivity index (χ3n) is 2.98. The van der Waals surface area contributed by atoms with E-state index in [0.717, 1.165) is 21.8 Å². The predicted molar refractivity (Wildman–Crippen MR) is 84.4 cm³/mol. The van der Waals surface area contributed by atoms with Crippen LogP contribution in [0.25, 0.3) is 10.2 Å². The Morgan fingerprint density at radius 1 is 1.15 bits per heavy atom. The summed E-state index contributed by atoms with van der Waals surface area (Å²) in [7, 11) is 0. The van der Waals surface area contributed by atoms with Gasteiger partial charge in [-0.2, -0.15) is 0 Å². The molecule has 0 aliphatic rings. The van der Waals surface area contributed by atoms with Gasteiger partial charge in [0.2, 0.25) is 0 Å². The standard InChI is InChI=1S/C15H14N4S/c16-15(17)10-5-7-11(8-6-10)18-9-14-19-12-3-1-2-4-13(12)20-14/h1-8,18H,9H2,(H3,16,17). The van der Waals surface area contributed by atoms with Crippen molar-refractivity contribution in [3.63, 3.8) is 0 Å². The molecule has 0 amide bonds. The number of aromatic nitrogens is 1. The molecule has 5 heteroatoms. The van der Waals surface area contributed by atoms with Gasteiger partial charge in [-0.05, 0) is 36.4 Å². The second-order valence-corrected chi connectivity index (χ2v) is 5.54. The molecular weight excluding hydrogens is 268 g/mol. The summed E-state index contributed by atoms with van der Waals surface area (Å²) in [6, 6.07) is 15.6. The maximum absolute atomic E-state index is 7.35. The highest BCUT2D eigenvalue weighted by Crippen LogP contribution is 2.22. The molecule has 4 nitrogen and oxygen atoms in total. The molecule has 0 bridgehead atoms. The molecule has 1 heterocycles. The molecule has 3 aromatic rings. The summed E-state index contributed by atoms with van der Waals surface area (Å²) in [6.07, 6.45) is 0. The number of anilines is 1. The van der Waals surface area contributed by atoms with Gasteiger partial charge in [0.05, 0.1) is 16.8 Å². The van der Waals surface area contributed by atoms with Crippen molar-refractivity contribution in [2.24, 2.45) is 5.73 Å². The van der Waals surface area contributed by atoms with Crippen LogP contribution in [0.3, 0.4) is 0 Å². The molecule has 0 unspecified atom stereocenters. The summed E-state index contributed by atoms with van der Waals surface area (Å²) in [5, 5.41) is 11.7. The van der Waals surface area contributed by atoms with Crippen LogP contribution in [-0.2, 0) is 6.54 Å². The van der Waals surface area contributed by atoms with Gasteiger partial charge in [0.1, 0.15) is 10.8 Å². The van der Waals surface area contributed by atoms with E-state index in [1.54, 1.807) is 11.3 Å². The number of fused-ring (bicyclic) bond motifs is 1. The molecule has 0 radical (unpaired) electrons. The number of nitrogens with two attached hydrogens (primary N) is 1. The number of hydrogen-bond donors (Lipinski definition) is 3. The van der Waals surface area contributed by atoms with E-state index in [9.17, 15) is 0 Å². The number of hydrogen-bond acceptors (Lipinski definition) is 4. The van der Waals surface area contributed by atoms with E-state index in [-0.39, 0.29) is 5.84 Å². The van der Waals surface area contributed by atoms with Gasteiger partial charge in [0.25, 0.3) is 0 Å². The van der Waals surface area contributed by atoms with E-state index >= 15 is 0 Å². The van der Waals surface area contributed by atoms with Crippen molar-refractivity contribution in [3.05, 3.63) is 59.1 Å². The molecule has 0 fully saturated rings. The Hall–Kier alpha value is -2.40. The highest BCUT2D eigenvalue weighted by Gasteiger charge is 2.03. The third-order valence-corrected chi connectivity index (χ3v) is 4.01. The van der Waals surface area contributed by atoms with Crippen molar-refractivity contribution in [1.82, 2.24) is 4.98 Å². The summed E-state index contributed by atoms with van der Waals surface area (Å²) >= 11 is 1.70. The van der Waals surface area contributed by atoms with Crippen molar-refractivity contribution in [2.75, 3.05) is 5.32 Å². The van der Waals surface area contributed by atoms with E-state index < -0.39 is 0 Å². The van der Waals surface area contributed by atoms with E-state index in [2.05, 4.69) is 16.4 Å². The summed E-state index contributed by atoms with van der Waals surface area (Å²) in [5.74, 6) is 0.0859. The quantitative estimate of drug-likeness (QED) is 0.508. The first-order chi connectivity index (χ1) is 9.72. The number of nitrogen functional groups attached to an aromatic ring is 1. The average Bonchev–Trinajstić information content (AvgIpc) is 2.88. The highest BCUT2D eigenvalue weighted by atomic mass is 32.1. The average molecular weight is 282 g/mol. The second kappa shape index (κ2) is 5.30. The van der Waals surface area contributed by atoms with Crippen LogP contribution in [0.15, 0.2) is 48.5 Å². The minimum atomic E-state index is 0.0859. The van der Waals surface area contributed by atoms with E-state index in [1.807, 2.05) is 42.5 Å². The fourth-order valence-corrected chi connectivity index (χ4v) is 2.85. The number of amidine groups is 1. The molecule has 1 aromatic heterocycles. The molecule has 2 aromatic carbocycles. The lowest BCUT2D eigenvalue weighted by atomic mass is 10.2. The first kappa shape index (κ1) is 12.6. The Balaban J connectivity index is 1.71. The zero-order chi connectivity index (χ0) is 13.9. The van der Waals surface area contributed by atoms with Crippen LogP contribution < -0.4 is 11.1 Å². The molecule has 0 saturated carbocycles. The van der Waals surface area contributed by atoms with Gasteiger partial charge in [-0.1, -0.05) is 12.1 Å². The molecule has 100 valence electrons. The lowest BCUT2D eigenvalue weighted by Gasteiger charge is -2.05. The van der Waals surface area contributed by atoms with Crippen LogP contribution >= 0.6 is 11.3 Å². The van der Waals surface area contributed by atoms with Gasteiger partial charge in [0.15, 0.2) is 0 Å². The lowest BCUT2D eigenvalue weighted by Crippen LogP contribution is -2.10. The minimum Gasteiger partial charge on any atom is -0.384 e. The summed E-state index contributed by atoms with van der Waals surface area (Å²) in [6.45, 7) is 0.693. The first-order valence-electron chi connectivity index (χ1n) is 6.25. The summed E-state index contributed by atoms with van der Waals surface area (Å²) < 4.78 is 1.20. The Kier molecular flexibility index (Phi) is 3.35. The van der Waals surface area contributed by atoms with Crippen LogP contribution in [0.4, 0.5) is 5.69 Å². The van der Waals surface area contributed by atoms with Gasteiger partial charge in [-0.3, -0.25) is 5.41 Å². The lowest BCUT2D eigenvalue weighted by molar-refractivity contribution is 1.12. The number of rotatable bonds is 4. The summed E-state index contributed by atoms with van der Waals surface area (Å²) in [4.78, 5) is 4.58. The Morgan fingerprint density at radius 3 is 2.60 bits per heavy atom. The van der Waals surface area contributed by atoms with Crippen molar-refractivity contribution >= 4 is 33.1 Å². The van der Waals surface area contributed by atoms with Crippen molar-refractivity contribution in [1.29, 1.82) is 5.41 Å². The number of para-hydroxylation sites is 1. The highest BCUT2D eigenvalue weighted by molar-refractivity contribution is 7.18. The van der Waals surface area contributed by atoms with Gasteiger partial charge in [0, 0.05) is 11.3 Å².